The Labute approximate surface area is 188 Å². The Morgan fingerprint density at radius 3 is 2.47 bits per heavy atom. The maximum absolute atomic E-state index is 12.2. The van der Waals surface area contributed by atoms with Crippen molar-refractivity contribution in [1.82, 2.24) is 20.1 Å². The van der Waals surface area contributed by atoms with E-state index in [1.807, 2.05) is 79.3 Å². The van der Waals surface area contributed by atoms with Gasteiger partial charge in [-0.15, -0.1) is 0 Å². The van der Waals surface area contributed by atoms with E-state index in [2.05, 4.69) is 33.9 Å². The maximum Gasteiger partial charge on any atom is 0.251 e. The van der Waals surface area contributed by atoms with Gasteiger partial charge in [0.1, 0.15) is 0 Å². The third-order valence-electron chi connectivity index (χ3n) is 5.01. The summed E-state index contributed by atoms with van der Waals surface area (Å²) in [7, 11) is 0. The molecule has 0 atom stereocenters. The summed E-state index contributed by atoms with van der Waals surface area (Å²) in [4.78, 5) is 16.4. The molecule has 0 spiro atoms. The van der Waals surface area contributed by atoms with Gasteiger partial charge in [-0.3, -0.25) is 14.5 Å². The highest BCUT2D eigenvalue weighted by atomic mass is 16.1. The summed E-state index contributed by atoms with van der Waals surface area (Å²) in [6.07, 6.45) is 5.67. The average Bonchev–Trinajstić information content (AvgIpc) is 3.21. The van der Waals surface area contributed by atoms with Gasteiger partial charge in [0.15, 0.2) is 0 Å². The fraction of sp³-hybridized carbons (Fsp3) is 0.192. The van der Waals surface area contributed by atoms with E-state index in [4.69, 9.17) is 5.10 Å². The molecule has 32 heavy (non-hydrogen) atoms. The van der Waals surface area contributed by atoms with Crippen LogP contribution in [0, 0.1) is 0 Å². The quantitative estimate of drug-likeness (QED) is 0.428. The van der Waals surface area contributed by atoms with Crippen molar-refractivity contribution in [2.45, 2.75) is 33.0 Å². The van der Waals surface area contributed by atoms with E-state index < -0.39 is 0 Å². The van der Waals surface area contributed by atoms with Crippen LogP contribution in [0.1, 0.15) is 35.3 Å². The normalized spacial score (nSPS) is 10.8. The van der Waals surface area contributed by atoms with Crippen LogP contribution in [0.4, 0.5) is 5.69 Å². The lowest BCUT2D eigenvalue weighted by Gasteiger charge is -2.10. The number of aromatic nitrogens is 3. The van der Waals surface area contributed by atoms with Gasteiger partial charge in [0, 0.05) is 53.6 Å². The topological polar surface area (TPSA) is 71.8 Å². The van der Waals surface area contributed by atoms with Crippen LogP contribution in [-0.4, -0.2) is 26.7 Å². The highest BCUT2D eigenvalue weighted by Crippen LogP contribution is 2.23. The molecule has 0 aliphatic carbocycles. The lowest BCUT2D eigenvalue weighted by atomic mass is 10.1. The van der Waals surface area contributed by atoms with E-state index in [0.717, 1.165) is 22.5 Å². The summed E-state index contributed by atoms with van der Waals surface area (Å²) >= 11 is 0. The molecular weight excluding hydrogens is 398 g/mol. The minimum absolute atomic E-state index is 0.0624. The molecule has 0 aliphatic heterocycles. The Morgan fingerprint density at radius 1 is 1.00 bits per heavy atom. The molecule has 0 saturated carbocycles. The lowest BCUT2D eigenvalue weighted by Crippen LogP contribution is -2.29. The summed E-state index contributed by atoms with van der Waals surface area (Å²) in [5, 5.41) is 11.2. The van der Waals surface area contributed by atoms with E-state index in [1.165, 1.54) is 5.56 Å². The molecular formula is C26H27N5O. The third kappa shape index (κ3) is 5.40. The number of carbonyl (C=O) groups excluding carboxylic acids is 1. The molecule has 2 heterocycles. The first-order chi connectivity index (χ1) is 15.6. The predicted molar refractivity (Wildman–Crippen MR) is 127 cm³/mol. The van der Waals surface area contributed by atoms with Gasteiger partial charge in [0.2, 0.25) is 0 Å². The summed E-state index contributed by atoms with van der Waals surface area (Å²) in [5.41, 5.74) is 5.76. The zero-order valence-corrected chi connectivity index (χ0v) is 18.3. The van der Waals surface area contributed by atoms with Gasteiger partial charge in [-0.1, -0.05) is 30.3 Å². The van der Waals surface area contributed by atoms with E-state index in [0.29, 0.717) is 18.7 Å². The lowest BCUT2D eigenvalue weighted by molar-refractivity contribution is 0.0943. The molecule has 2 N–H and O–H groups in total. The van der Waals surface area contributed by atoms with E-state index in [-0.39, 0.29) is 11.9 Å². The third-order valence-corrected chi connectivity index (χ3v) is 5.01. The number of anilines is 1. The van der Waals surface area contributed by atoms with Crippen molar-refractivity contribution in [1.29, 1.82) is 0 Å². The standard InChI is InChI=1S/C26H27N5O/c1-19(2)29-26(32)21-10-12-24(13-11-21)28-16-23-18-31(17-20-7-4-3-5-8-20)30-25(23)22-9-6-14-27-15-22/h3-15,18-19,28H,16-17H2,1-2H3,(H,29,32). The number of benzene rings is 2. The van der Waals surface area contributed by atoms with Gasteiger partial charge in [0.05, 0.1) is 12.2 Å². The van der Waals surface area contributed by atoms with Crippen LogP contribution < -0.4 is 10.6 Å². The summed E-state index contributed by atoms with van der Waals surface area (Å²) in [6.45, 7) is 5.21. The van der Waals surface area contributed by atoms with Crippen LogP contribution in [0.2, 0.25) is 0 Å². The number of pyridine rings is 1. The molecule has 0 unspecified atom stereocenters. The molecule has 0 aliphatic rings. The summed E-state index contributed by atoms with van der Waals surface area (Å²) in [5.74, 6) is -0.0624. The SMILES string of the molecule is CC(C)NC(=O)c1ccc(NCc2cn(Cc3ccccc3)nc2-c2cccnc2)cc1. The second-order valence-corrected chi connectivity index (χ2v) is 7.99. The number of rotatable bonds is 8. The Morgan fingerprint density at radius 2 is 1.78 bits per heavy atom. The number of carbonyl (C=O) groups is 1. The smallest absolute Gasteiger partial charge is 0.251 e. The first kappa shape index (κ1) is 21.3. The minimum atomic E-state index is -0.0624. The zero-order valence-electron chi connectivity index (χ0n) is 18.3. The van der Waals surface area contributed by atoms with Crippen molar-refractivity contribution in [2.75, 3.05) is 5.32 Å². The molecule has 0 bridgehead atoms. The molecule has 0 radical (unpaired) electrons. The van der Waals surface area contributed by atoms with E-state index >= 15 is 0 Å². The number of amides is 1. The monoisotopic (exact) mass is 425 g/mol. The van der Waals surface area contributed by atoms with Gasteiger partial charge >= 0.3 is 0 Å². The first-order valence-electron chi connectivity index (χ1n) is 10.7. The van der Waals surface area contributed by atoms with E-state index in [1.54, 1.807) is 6.20 Å². The second kappa shape index (κ2) is 9.92. The first-order valence-corrected chi connectivity index (χ1v) is 10.7. The van der Waals surface area contributed by atoms with Crippen LogP contribution in [-0.2, 0) is 13.1 Å². The summed E-state index contributed by atoms with van der Waals surface area (Å²) in [6, 6.07) is 21.9. The van der Waals surface area contributed by atoms with Crippen molar-refractivity contribution in [3.63, 3.8) is 0 Å². The largest absolute Gasteiger partial charge is 0.381 e. The molecule has 0 saturated heterocycles. The fourth-order valence-corrected chi connectivity index (χ4v) is 3.47. The second-order valence-electron chi connectivity index (χ2n) is 7.99. The van der Waals surface area contributed by atoms with E-state index in [9.17, 15) is 4.79 Å². The Bertz CT molecular complexity index is 1150. The molecule has 4 aromatic rings. The number of hydrogen-bond acceptors (Lipinski definition) is 4. The molecule has 6 heteroatoms. The molecule has 162 valence electrons. The fourth-order valence-electron chi connectivity index (χ4n) is 3.47. The highest BCUT2D eigenvalue weighted by molar-refractivity contribution is 5.94. The minimum Gasteiger partial charge on any atom is -0.381 e. The van der Waals surface area contributed by atoms with Gasteiger partial charge < -0.3 is 10.6 Å². The van der Waals surface area contributed by atoms with Crippen LogP contribution in [0.5, 0.6) is 0 Å². The highest BCUT2D eigenvalue weighted by Gasteiger charge is 2.12. The maximum atomic E-state index is 12.2. The van der Waals surface area contributed by atoms with Crippen molar-refractivity contribution in [2.24, 2.45) is 0 Å². The number of hydrogen-bond donors (Lipinski definition) is 2. The van der Waals surface area contributed by atoms with Crippen LogP contribution >= 0.6 is 0 Å². The molecule has 6 nitrogen and oxygen atoms in total. The molecule has 2 aromatic carbocycles. The van der Waals surface area contributed by atoms with Gasteiger partial charge in [0.25, 0.3) is 5.91 Å². The van der Waals surface area contributed by atoms with Crippen molar-refractivity contribution >= 4 is 11.6 Å². The molecule has 0 fully saturated rings. The summed E-state index contributed by atoms with van der Waals surface area (Å²) < 4.78 is 1.97. The van der Waals surface area contributed by atoms with Crippen LogP contribution in [0.15, 0.2) is 85.3 Å². The van der Waals surface area contributed by atoms with Crippen molar-refractivity contribution in [3.05, 3.63) is 102 Å². The average molecular weight is 426 g/mol. The van der Waals surface area contributed by atoms with Gasteiger partial charge in [-0.05, 0) is 55.8 Å². The zero-order chi connectivity index (χ0) is 22.3. The van der Waals surface area contributed by atoms with Crippen molar-refractivity contribution < 1.29 is 4.79 Å². The molecule has 2 aromatic heterocycles. The Balaban J connectivity index is 1.51. The number of nitrogens with zero attached hydrogens (tertiary/aromatic N) is 3. The van der Waals surface area contributed by atoms with Crippen LogP contribution in [0.25, 0.3) is 11.3 Å². The van der Waals surface area contributed by atoms with Gasteiger partial charge in [-0.25, -0.2) is 0 Å². The van der Waals surface area contributed by atoms with Crippen molar-refractivity contribution in [3.8, 4) is 11.3 Å². The molecule has 1 amide bonds. The Hall–Kier alpha value is -3.93. The molecule has 4 rings (SSSR count). The number of nitrogens with one attached hydrogen (secondary N) is 2. The Kier molecular flexibility index (Phi) is 6.60. The van der Waals surface area contributed by atoms with Crippen LogP contribution in [0.3, 0.4) is 0 Å². The predicted octanol–water partition coefficient (Wildman–Crippen LogP) is 4.74. The van der Waals surface area contributed by atoms with Gasteiger partial charge in [-0.2, -0.15) is 5.10 Å².